The standard InChI is InChI=1S/C3H3NO3/c5-4-2-1-3-6-7-4/h1-3H. The Labute approximate surface area is 39.7 Å². The maximum atomic E-state index is 9.93. The van der Waals surface area contributed by atoms with Crippen molar-refractivity contribution < 1.29 is 14.8 Å². The predicted octanol–water partition coefficient (Wildman–Crippen LogP) is -0.0420. The molecule has 7 heavy (non-hydrogen) atoms. The molecule has 1 aliphatic heterocycles. The summed E-state index contributed by atoms with van der Waals surface area (Å²) in [4.78, 5) is 8.20. The molecule has 0 N–H and O–H groups in total. The minimum absolute atomic E-state index is 0.208. The molecule has 0 amide bonds. The lowest BCUT2D eigenvalue weighted by atomic mass is 10.7. The Hall–Kier alpha value is -1.19. The van der Waals surface area contributed by atoms with E-state index in [9.17, 15) is 5.21 Å². The fourth-order valence-electron chi connectivity index (χ4n) is 0.230. The van der Waals surface area contributed by atoms with Gasteiger partial charge in [-0.25, -0.2) is 4.99 Å². The van der Waals surface area contributed by atoms with Crippen LogP contribution in [-0.4, -0.2) is 11.1 Å². The third kappa shape index (κ3) is 0.819. The first kappa shape index (κ1) is 3.98. The highest BCUT2D eigenvalue weighted by atomic mass is 17.3. The molecule has 0 aliphatic carbocycles. The van der Waals surface area contributed by atoms with Gasteiger partial charge < -0.3 is 4.89 Å². The van der Waals surface area contributed by atoms with E-state index in [4.69, 9.17) is 0 Å². The van der Waals surface area contributed by atoms with Gasteiger partial charge in [-0.05, 0) is 0 Å². The first-order chi connectivity index (χ1) is 3.39. The van der Waals surface area contributed by atoms with E-state index in [1.165, 1.54) is 18.6 Å². The van der Waals surface area contributed by atoms with Gasteiger partial charge in [-0.3, -0.25) is 5.21 Å². The molecule has 0 unspecified atom stereocenters. The fraction of sp³-hybridized carbons (Fsp3) is 0. The Morgan fingerprint density at radius 2 is 2.43 bits per heavy atom. The molecule has 0 radical (unpaired) electrons. The highest BCUT2D eigenvalue weighted by Gasteiger charge is 1.90. The molecule has 0 atom stereocenters. The van der Waals surface area contributed by atoms with Crippen LogP contribution in [0, 0.1) is 5.21 Å². The van der Waals surface area contributed by atoms with E-state index in [1.807, 2.05) is 0 Å². The van der Waals surface area contributed by atoms with Crippen molar-refractivity contribution in [2.24, 2.45) is 0 Å². The second-order valence-electron chi connectivity index (χ2n) is 0.934. The lowest BCUT2D eigenvalue weighted by molar-refractivity contribution is -0.829. The number of rotatable bonds is 0. The molecule has 0 aromatic heterocycles. The average molecular weight is 101 g/mol. The highest BCUT2D eigenvalue weighted by Crippen LogP contribution is 1.85. The van der Waals surface area contributed by atoms with Crippen molar-refractivity contribution in [2.45, 2.75) is 0 Å². The summed E-state index contributed by atoms with van der Waals surface area (Å²) in [5.74, 6) is 0. The van der Waals surface area contributed by atoms with Gasteiger partial charge in [-0.15, -0.1) is 0 Å². The smallest absolute Gasteiger partial charge is 0.239 e. The average Bonchev–Trinajstić information content (AvgIpc) is 1.69. The van der Waals surface area contributed by atoms with Crippen LogP contribution in [0.1, 0.15) is 0 Å². The third-order valence-corrected chi connectivity index (χ3v) is 0.458. The van der Waals surface area contributed by atoms with Gasteiger partial charge in [0.2, 0.25) is 6.21 Å². The Morgan fingerprint density at radius 3 is 2.71 bits per heavy atom. The van der Waals surface area contributed by atoms with Crippen LogP contribution in [0.2, 0.25) is 0 Å². The van der Waals surface area contributed by atoms with Crippen molar-refractivity contribution in [3.05, 3.63) is 17.5 Å². The van der Waals surface area contributed by atoms with Gasteiger partial charge in [0.15, 0.2) is 0 Å². The molecule has 4 heteroatoms. The molecule has 0 saturated carbocycles. The van der Waals surface area contributed by atoms with E-state index >= 15 is 0 Å². The fourth-order valence-corrected chi connectivity index (χ4v) is 0.230. The zero-order valence-corrected chi connectivity index (χ0v) is 3.40. The van der Waals surface area contributed by atoms with Crippen LogP contribution < -0.4 is 0 Å². The van der Waals surface area contributed by atoms with Crippen molar-refractivity contribution in [3.63, 3.8) is 0 Å². The SMILES string of the molecule is [O-][N+]1=CC=COO1. The largest absolute Gasteiger partial charge is 0.346 e. The maximum Gasteiger partial charge on any atom is 0.239 e. The van der Waals surface area contributed by atoms with E-state index < -0.39 is 0 Å². The summed E-state index contributed by atoms with van der Waals surface area (Å²) >= 11 is 0. The normalized spacial score (nSPS) is 16.9. The van der Waals surface area contributed by atoms with Crippen LogP contribution in [-0.2, 0) is 9.88 Å². The quantitative estimate of drug-likeness (QED) is 0.317. The summed E-state index contributed by atoms with van der Waals surface area (Å²) in [6.07, 6.45) is 3.87. The second-order valence-corrected chi connectivity index (χ2v) is 0.934. The molecular weight excluding hydrogens is 98.0 g/mol. The first-order valence-electron chi connectivity index (χ1n) is 1.69. The van der Waals surface area contributed by atoms with E-state index in [0.717, 1.165) is 0 Å². The Bertz CT molecular complexity index is 117. The summed E-state index contributed by atoms with van der Waals surface area (Å²) in [6.45, 7) is 0. The molecule has 0 fully saturated rings. The number of hydrogen-bond acceptors (Lipinski definition) is 3. The monoisotopic (exact) mass is 101 g/mol. The molecule has 0 aromatic rings. The Balaban J connectivity index is 2.57. The summed E-state index contributed by atoms with van der Waals surface area (Å²) in [6, 6.07) is 0. The van der Waals surface area contributed by atoms with Gasteiger partial charge in [-0.1, -0.05) is 0 Å². The van der Waals surface area contributed by atoms with Crippen LogP contribution in [0.3, 0.4) is 0 Å². The lowest BCUT2D eigenvalue weighted by Gasteiger charge is -2.02. The van der Waals surface area contributed by atoms with Crippen LogP contribution in [0.15, 0.2) is 12.3 Å². The van der Waals surface area contributed by atoms with Crippen LogP contribution in [0.25, 0.3) is 0 Å². The van der Waals surface area contributed by atoms with Gasteiger partial charge in [-0.2, -0.15) is 0 Å². The Kier molecular flexibility index (Phi) is 0.856. The maximum absolute atomic E-state index is 9.93. The number of hydrogen-bond donors (Lipinski definition) is 0. The van der Waals surface area contributed by atoms with Crippen LogP contribution in [0.5, 0.6) is 0 Å². The van der Waals surface area contributed by atoms with Gasteiger partial charge in [0.1, 0.15) is 6.26 Å². The highest BCUT2D eigenvalue weighted by molar-refractivity contribution is 5.65. The molecule has 1 heterocycles. The van der Waals surface area contributed by atoms with Gasteiger partial charge in [0.25, 0.3) is 0 Å². The molecule has 4 nitrogen and oxygen atoms in total. The molecule has 38 valence electrons. The molecule has 0 aromatic carbocycles. The minimum Gasteiger partial charge on any atom is -0.346 e. The molecule has 1 rings (SSSR count). The van der Waals surface area contributed by atoms with Crippen molar-refractivity contribution >= 4 is 6.21 Å². The van der Waals surface area contributed by atoms with Gasteiger partial charge in [0.05, 0.1) is 4.90 Å². The van der Waals surface area contributed by atoms with Crippen molar-refractivity contribution in [3.8, 4) is 0 Å². The zero-order chi connectivity index (χ0) is 5.11. The van der Waals surface area contributed by atoms with Gasteiger partial charge >= 0.3 is 0 Å². The van der Waals surface area contributed by atoms with Gasteiger partial charge in [0, 0.05) is 6.08 Å². The van der Waals surface area contributed by atoms with Crippen LogP contribution in [0.4, 0.5) is 0 Å². The molecule has 0 spiro atoms. The molecule has 0 saturated heterocycles. The summed E-state index contributed by atoms with van der Waals surface area (Å²) in [5.41, 5.74) is 0. The molecule has 0 bridgehead atoms. The van der Waals surface area contributed by atoms with Crippen molar-refractivity contribution in [2.75, 3.05) is 0 Å². The van der Waals surface area contributed by atoms with Crippen molar-refractivity contribution in [1.29, 1.82) is 0 Å². The summed E-state index contributed by atoms with van der Waals surface area (Å²) < 4.78 is 0. The topological polar surface area (TPSA) is 44.5 Å². The first-order valence-corrected chi connectivity index (χ1v) is 1.69. The molecule has 1 aliphatic rings. The number of nitrogens with zero attached hydrogens (tertiary/aromatic N) is 1. The number of allylic oxidation sites excluding steroid dienone is 1. The van der Waals surface area contributed by atoms with Crippen molar-refractivity contribution in [1.82, 2.24) is 0 Å². The zero-order valence-electron chi connectivity index (χ0n) is 3.40. The Morgan fingerprint density at radius 1 is 1.57 bits per heavy atom. The van der Waals surface area contributed by atoms with E-state index in [1.54, 1.807) is 0 Å². The third-order valence-electron chi connectivity index (χ3n) is 0.458. The lowest BCUT2D eigenvalue weighted by Crippen LogP contribution is -2.06. The summed E-state index contributed by atoms with van der Waals surface area (Å²) in [7, 11) is 0. The van der Waals surface area contributed by atoms with Crippen LogP contribution >= 0.6 is 0 Å². The minimum atomic E-state index is 0.208. The molecular formula is C3H3NO3. The second kappa shape index (κ2) is 1.51. The predicted molar refractivity (Wildman–Crippen MR) is 21.0 cm³/mol. The summed E-state index contributed by atoms with van der Waals surface area (Å²) in [5, 5.41) is 9.93. The van der Waals surface area contributed by atoms with E-state index in [-0.39, 0.29) is 4.90 Å². The van der Waals surface area contributed by atoms with E-state index in [0.29, 0.717) is 0 Å². The van der Waals surface area contributed by atoms with E-state index in [2.05, 4.69) is 9.88 Å².